The van der Waals surface area contributed by atoms with Gasteiger partial charge in [0.15, 0.2) is 0 Å². The van der Waals surface area contributed by atoms with Crippen molar-refractivity contribution in [3.63, 3.8) is 0 Å². The summed E-state index contributed by atoms with van der Waals surface area (Å²) in [6.45, 7) is 0. The fourth-order valence-electron chi connectivity index (χ4n) is 2.40. The molecule has 4 heteroatoms. The molecular weight excluding hydrogens is 291 g/mol. The predicted octanol–water partition coefficient (Wildman–Crippen LogP) is 4.06. The second kappa shape index (κ2) is 7.14. The Balaban J connectivity index is 2.07. The largest absolute Gasteiger partial charge is 0.338 e. The molecule has 0 atom stereocenters. The van der Waals surface area contributed by atoms with E-state index in [2.05, 4.69) is 33.8 Å². The van der Waals surface area contributed by atoms with Crippen LogP contribution in [0, 0.1) is 5.41 Å². The van der Waals surface area contributed by atoms with Crippen LogP contribution >= 0.6 is 23.2 Å². The first-order valence-electron chi connectivity index (χ1n) is 6.81. The van der Waals surface area contributed by atoms with Gasteiger partial charge in [-0.1, -0.05) is 30.3 Å². The van der Waals surface area contributed by atoms with E-state index < -0.39 is 0 Å². The molecule has 0 aliphatic heterocycles. The molecule has 0 bridgehead atoms. The van der Waals surface area contributed by atoms with Crippen molar-refractivity contribution in [2.45, 2.75) is 19.3 Å². The van der Waals surface area contributed by atoms with Crippen LogP contribution in [-0.4, -0.2) is 21.3 Å². The number of benzene rings is 1. The van der Waals surface area contributed by atoms with E-state index in [0.717, 1.165) is 25.1 Å². The zero-order valence-electron chi connectivity index (χ0n) is 11.7. The third-order valence-electron chi connectivity index (χ3n) is 3.79. The van der Waals surface area contributed by atoms with E-state index >= 15 is 0 Å². The van der Waals surface area contributed by atoms with Crippen molar-refractivity contribution in [1.82, 2.24) is 9.55 Å². The quantitative estimate of drug-likeness (QED) is 0.705. The number of halogens is 2. The van der Waals surface area contributed by atoms with E-state index in [9.17, 15) is 0 Å². The van der Waals surface area contributed by atoms with Crippen LogP contribution in [-0.2, 0) is 19.9 Å². The Morgan fingerprint density at radius 3 is 2.40 bits per heavy atom. The van der Waals surface area contributed by atoms with E-state index in [1.165, 1.54) is 5.56 Å². The molecular formula is C16H20Cl2N2. The number of nitrogens with zero attached hydrogens (tertiary/aromatic N) is 2. The Kier molecular flexibility index (Phi) is 5.50. The molecule has 2 rings (SSSR count). The molecule has 0 spiro atoms. The number of rotatable bonds is 7. The minimum absolute atomic E-state index is 0.0730. The molecule has 2 aromatic rings. The fourth-order valence-corrected chi connectivity index (χ4v) is 3.14. The first kappa shape index (κ1) is 15.4. The molecule has 2 nitrogen and oxygen atoms in total. The zero-order chi connectivity index (χ0) is 14.4. The molecule has 108 valence electrons. The lowest BCUT2D eigenvalue weighted by atomic mass is 9.81. The lowest BCUT2D eigenvalue weighted by Crippen LogP contribution is -2.29. The maximum absolute atomic E-state index is 6.24. The van der Waals surface area contributed by atoms with Gasteiger partial charge in [0, 0.05) is 43.0 Å². The Bertz CT molecular complexity index is 518. The first-order chi connectivity index (χ1) is 9.69. The topological polar surface area (TPSA) is 17.8 Å². The van der Waals surface area contributed by atoms with Gasteiger partial charge in [0.05, 0.1) is 0 Å². The first-order valence-corrected chi connectivity index (χ1v) is 7.88. The highest BCUT2D eigenvalue weighted by molar-refractivity contribution is 6.21. The molecule has 20 heavy (non-hydrogen) atoms. The van der Waals surface area contributed by atoms with Gasteiger partial charge in [0.1, 0.15) is 5.82 Å². The Hall–Kier alpha value is -0.990. The van der Waals surface area contributed by atoms with Gasteiger partial charge in [-0.25, -0.2) is 4.98 Å². The normalized spacial score (nSPS) is 11.8. The van der Waals surface area contributed by atoms with Crippen LogP contribution in [0.3, 0.4) is 0 Å². The van der Waals surface area contributed by atoms with Crippen molar-refractivity contribution >= 4 is 23.2 Å². The molecule has 0 saturated heterocycles. The minimum atomic E-state index is -0.0730. The molecule has 0 saturated carbocycles. The van der Waals surface area contributed by atoms with Crippen molar-refractivity contribution in [2.75, 3.05) is 11.8 Å². The standard InChI is InChI=1S/C16H20Cl2N2/c1-20-10-9-19-15(20)7-8-16(12-17,13-18)11-14-5-3-2-4-6-14/h2-6,9-10H,7-8,11-13H2,1H3. The second-order valence-corrected chi connectivity index (χ2v) is 5.92. The van der Waals surface area contributed by atoms with Gasteiger partial charge < -0.3 is 4.57 Å². The number of hydrogen-bond acceptors (Lipinski definition) is 1. The molecule has 0 amide bonds. The maximum Gasteiger partial charge on any atom is 0.108 e. The summed E-state index contributed by atoms with van der Waals surface area (Å²) in [6.07, 6.45) is 6.55. The van der Waals surface area contributed by atoms with Crippen LogP contribution in [0.4, 0.5) is 0 Å². The summed E-state index contributed by atoms with van der Waals surface area (Å²) in [7, 11) is 2.02. The molecule has 1 aromatic heterocycles. The molecule has 0 radical (unpaired) electrons. The maximum atomic E-state index is 6.24. The molecule has 0 fully saturated rings. The number of imidazole rings is 1. The van der Waals surface area contributed by atoms with Crippen LogP contribution in [0.25, 0.3) is 0 Å². The number of aryl methyl sites for hydroxylation is 2. The third kappa shape index (κ3) is 3.77. The summed E-state index contributed by atoms with van der Waals surface area (Å²) in [5.74, 6) is 2.21. The Morgan fingerprint density at radius 1 is 1.15 bits per heavy atom. The average Bonchev–Trinajstić information content (AvgIpc) is 2.90. The SMILES string of the molecule is Cn1ccnc1CCC(CCl)(CCl)Cc1ccccc1. The van der Waals surface area contributed by atoms with Crippen molar-refractivity contribution in [2.24, 2.45) is 12.5 Å². The van der Waals surface area contributed by atoms with E-state index in [1.807, 2.05) is 25.5 Å². The van der Waals surface area contributed by atoms with Gasteiger partial charge in [0.2, 0.25) is 0 Å². The average molecular weight is 311 g/mol. The summed E-state index contributed by atoms with van der Waals surface area (Å²) < 4.78 is 2.05. The lowest BCUT2D eigenvalue weighted by Gasteiger charge is -2.29. The second-order valence-electron chi connectivity index (χ2n) is 5.38. The molecule has 1 heterocycles. The van der Waals surface area contributed by atoms with Crippen LogP contribution in [0.15, 0.2) is 42.7 Å². The van der Waals surface area contributed by atoms with Crippen molar-refractivity contribution in [1.29, 1.82) is 0 Å². The smallest absolute Gasteiger partial charge is 0.108 e. The number of aromatic nitrogens is 2. The fraction of sp³-hybridized carbons (Fsp3) is 0.438. The molecule has 1 aromatic carbocycles. The van der Waals surface area contributed by atoms with Gasteiger partial charge in [-0.05, 0) is 18.4 Å². The summed E-state index contributed by atoms with van der Waals surface area (Å²) in [6, 6.07) is 10.4. The van der Waals surface area contributed by atoms with Crippen molar-refractivity contribution < 1.29 is 0 Å². The summed E-state index contributed by atoms with van der Waals surface area (Å²) >= 11 is 12.5. The highest BCUT2D eigenvalue weighted by Crippen LogP contribution is 2.32. The van der Waals surface area contributed by atoms with Crippen molar-refractivity contribution in [3.8, 4) is 0 Å². The van der Waals surface area contributed by atoms with Crippen molar-refractivity contribution in [3.05, 3.63) is 54.1 Å². The number of hydrogen-bond donors (Lipinski definition) is 0. The molecule has 0 N–H and O–H groups in total. The van der Waals surface area contributed by atoms with Gasteiger partial charge >= 0.3 is 0 Å². The predicted molar refractivity (Wildman–Crippen MR) is 85.5 cm³/mol. The highest BCUT2D eigenvalue weighted by Gasteiger charge is 2.29. The minimum Gasteiger partial charge on any atom is -0.338 e. The van der Waals surface area contributed by atoms with Crippen LogP contribution in [0.5, 0.6) is 0 Å². The molecule has 0 aliphatic carbocycles. The summed E-state index contributed by atoms with van der Waals surface area (Å²) in [5, 5.41) is 0. The van der Waals surface area contributed by atoms with Crippen LogP contribution in [0.1, 0.15) is 17.8 Å². The van der Waals surface area contributed by atoms with E-state index in [-0.39, 0.29) is 5.41 Å². The third-order valence-corrected chi connectivity index (χ3v) is 4.92. The highest BCUT2D eigenvalue weighted by atomic mass is 35.5. The molecule has 0 aliphatic rings. The lowest BCUT2D eigenvalue weighted by molar-refractivity contribution is 0.341. The van der Waals surface area contributed by atoms with Crippen LogP contribution in [0.2, 0.25) is 0 Å². The molecule has 0 unspecified atom stereocenters. The number of alkyl halides is 2. The Morgan fingerprint density at radius 2 is 1.85 bits per heavy atom. The van der Waals surface area contributed by atoms with Gasteiger partial charge in [-0.3, -0.25) is 0 Å². The summed E-state index contributed by atoms with van der Waals surface area (Å²) in [4.78, 5) is 4.37. The zero-order valence-corrected chi connectivity index (χ0v) is 13.2. The van der Waals surface area contributed by atoms with E-state index in [0.29, 0.717) is 11.8 Å². The van der Waals surface area contributed by atoms with Crippen LogP contribution < -0.4 is 0 Å². The van der Waals surface area contributed by atoms with Gasteiger partial charge in [-0.2, -0.15) is 0 Å². The van der Waals surface area contributed by atoms with Gasteiger partial charge in [-0.15, -0.1) is 23.2 Å². The van der Waals surface area contributed by atoms with E-state index in [1.54, 1.807) is 0 Å². The van der Waals surface area contributed by atoms with E-state index in [4.69, 9.17) is 23.2 Å². The summed E-state index contributed by atoms with van der Waals surface area (Å²) in [5.41, 5.74) is 1.21. The van der Waals surface area contributed by atoms with Gasteiger partial charge in [0.25, 0.3) is 0 Å². The monoisotopic (exact) mass is 310 g/mol. The Labute approximate surface area is 130 Å².